The third-order valence-corrected chi connectivity index (χ3v) is 8.73. The van der Waals surface area contributed by atoms with Crippen LogP contribution in [0.5, 0.6) is 11.5 Å². The summed E-state index contributed by atoms with van der Waals surface area (Å²) in [6, 6.07) is 17.0. The quantitative estimate of drug-likeness (QED) is 0.440. The number of ether oxygens (including phenoxy) is 2. The Morgan fingerprint density at radius 2 is 1.74 bits per heavy atom. The van der Waals surface area contributed by atoms with Crippen molar-refractivity contribution in [3.8, 4) is 11.5 Å². The monoisotopic (exact) mass is 501 g/mol. The molecule has 0 radical (unpaired) electrons. The van der Waals surface area contributed by atoms with Gasteiger partial charge < -0.3 is 9.47 Å². The van der Waals surface area contributed by atoms with E-state index in [4.69, 9.17) is 21.1 Å². The van der Waals surface area contributed by atoms with Crippen molar-refractivity contribution in [2.45, 2.75) is 43.3 Å². The van der Waals surface area contributed by atoms with Gasteiger partial charge in [0.15, 0.2) is 11.5 Å². The van der Waals surface area contributed by atoms with Gasteiger partial charge in [0.2, 0.25) is 10.0 Å². The number of sulfonamides is 1. The molecule has 178 valence electrons. The van der Waals surface area contributed by atoms with E-state index < -0.39 is 21.6 Å². The number of benzene rings is 3. The van der Waals surface area contributed by atoms with Crippen LogP contribution in [0.1, 0.15) is 42.4 Å². The molecule has 0 amide bonds. The highest BCUT2D eigenvalue weighted by Crippen LogP contribution is 2.50. The van der Waals surface area contributed by atoms with Crippen LogP contribution in [0, 0.1) is 12.7 Å². The number of hydrogen-bond acceptors (Lipinski definition) is 4. The Morgan fingerprint density at radius 3 is 2.41 bits per heavy atom. The van der Waals surface area contributed by atoms with Crippen molar-refractivity contribution in [2.75, 3.05) is 13.1 Å². The van der Waals surface area contributed by atoms with Crippen molar-refractivity contribution in [1.29, 1.82) is 0 Å². The van der Waals surface area contributed by atoms with Gasteiger partial charge in [0, 0.05) is 30.6 Å². The predicted molar refractivity (Wildman–Crippen MR) is 128 cm³/mol. The van der Waals surface area contributed by atoms with Crippen molar-refractivity contribution in [3.05, 3.63) is 88.2 Å². The zero-order valence-electron chi connectivity index (χ0n) is 18.9. The van der Waals surface area contributed by atoms with Crippen LogP contribution in [0.4, 0.5) is 4.39 Å². The number of hydrogen-bond donors (Lipinski definition) is 0. The molecule has 3 aromatic carbocycles. The molecule has 1 saturated heterocycles. The van der Waals surface area contributed by atoms with Crippen LogP contribution in [0.25, 0.3) is 0 Å². The number of fused-ring (bicyclic) bond motifs is 1. The number of para-hydroxylation sites is 1. The number of aryl methyl sites for hydroxylation is 1. The standard InChI is InChI=1S/C26H25ClFNO4S/c1-17-6-9-20(10-7-17)34(30,31)29-14-12-18(13-15-29)21-4-3-5-24-25(21)33-26(2,32-24)22-11-8-19(27)16-23(22)28/h3-11,16,18H,12-15H2,1-2H3. The summed E-state index contributed by atoms with van der Waals surface area (Å²) < 4.78 is 54.6. The van der Waals surface area contributed by atoms with Gasteiger partial charge in [-0.25, -0.2) is 12.8 Å². The van der Waals surface area contributed by atoms with Gasteiger partial charge in [-0.05, 0) is 62.1 Å². The van der Waals surface area contributed by atoms with E-state index in [9.17, 15) is 12.8 Å². The predicted octanol–water partition coefficient (Wildman–Crippen LogP) is 6.00. The molecular formula is C26H25ClFNO4S. The maximum Gasteiger partial charge on any atom is 0.278 e. The lowest BCUT2D eigenvalue weighted by atomic mass is 9.89. The average molecular weight is 502 g/mol. The fourth-order valence-electron chi connectivity index (χ4n) is 4.70. The van der Waals surface area contributed by atoms with E-state index in [1.165, 1.54) is 6.07 Å². The third kappa shape index (κ3) is 4.06. The molecule has 34 heavy (non-hydrogen) atoms. The minimum absolute atomic E-state index is 0.0976. The summed E-state index contributed by atoms with van der Waals surface area (Å²) in [5.41, 5.74) is 2.23. The molecule has 0 saturated carbocycles. The van der Waals surface area contributed by atoms with Crippen LogP contribution < -0.4 is 9.47 Å². The molecule has 0 bridgehead atoms. The van der Waals surface area contributed by atoms with Crippen molar-refractivity contribution in [3.63, 3.8) is 0 Å². The van der Waals surface area contributed by atoms with Gasteiger partial charge in [0.05, 0.1) is 10.5 Å². The summed E-state index contributed by atoms with van der Waals surface area (Å²) >= 11 is 5.91. The normalized spacial score (nSPS) is 21.1. The lowest BCUT2D eigenvalue weighted by Crippen LogP contribution is -2.38. The van der Waals surface area contributed by atoms with E-state index >= 15 is 0 Å². The molecule has 3 aromatic rings. The zero-order valence-corrected chi connectivity index (χ0v) is 20.5. The summed E-state index contributed by atoms with van der Waals surface area (Å²) in [6.07, 6.45) is 1.30. The van der Waals surface area contributed by atoms with Gasteiger partial charge >= 0.3 is 0 Å². The van der Waals surface area contributed by atoms with E-state index in [1.54, 1.807) is 41.6 Å². The SMILES string of the molecule is Cc1ccc(S(=O)(=O)N2CCC(c3cccc4c3OC(C)(c3ccc(Cl)cc3F)O4)CC2)cc1. The van der Waals surface area contributed by atoms with Gasteiger partial charge in [-0.15, -0.1) is 0 Å². The lowest BCUT2D eigenvalue weighted by Gasteiger charge is -2.32. The van der Waals surface area contributed by atoms with E-state index in [1.807, 2.05) is 31.2 Å². The van der Waals surface area contributed by atoms with E-state index in [2.05, 4.69) is 0 Å². The average Bonchev–Trinajstić information content (AvgIpc) is 3.16. The van der Waals surface area contributed by atoms with Gasteiger partial charge in [-0.2, -0.15) is 4.31 Å². The number of piperidine rings is 1. The maximum atomic E-state index is 14.6. The molecule has 0 aliphatic carbocycles. The van der Waals surface area contributed by atoms with Crippen LogP contribution in [-0.2, 0) is 15.8 Å². The van der Waals surface area contributed by atoms with Crippen LogP contribution in [0.3, 0.4) is 0 Å². The number of halogens is 2. The highest BCUT2D eigenvalue weighted by atomic mass is 35.5. The fourth-order valence-corrected chi connectivity index (χ4v) is 6.33. The first-order chi connectivity index (χ1) is 16.2. The highest BCUT2D eigenvalue weighted by molar-refractivity contribution is 7.89. The summed E-state index contributed by atoms with van der Waals surface area (Å²) in [7, 11) is -3.53. The zero-order chi connectivity index (χ0) is 24.1. The minimum atomic E-state index is -3.53. The first-order valence-corrected chi connectivity index (χ1v) is 13.0. The first-order valence-electron chi connectivity index (χ1n) is 11.2. The van der Waals surface area contributed by atoms with Crippen LogP contribution in [0.15, 0.2) is 65.6 Å². The molecule has 1 fully saturated rings. The van der Waals surface area contributed by atoms with Crippen LogP contribution in [-0.4, -0.2) is 25.8 Å². The Balaban J connectivity index is 1.35. The summed E-state index contributed by atoms with van der Waals surface area (Å²) in [4.78, 5) is 0.314. The second kappa shape index (κ2) is 8.56. The summed E-state index contributed by atoms with van der Waals surface area (Å²) in [5, 5.41) is 0.299. The smallest absolute Gasteiger partial charge is 0.278 e. The van der Waals surface area contributed by atoms with Crippen molar-refractivity contribution >= 4 is 21.6 Å². The summed E-state index contributed by atoms with van der Waals surface area (Å²) in [6.45, 7) is 4.43. The van der Waals surface area contributed by atoms with E-state index in [0.29, 0.717) is 47.3 Å². The molecule has 2 aliphatic heterocycles. The van der Waals surface area contributed by atoms with Crippen molar-refractivity contribution in [1.82, 2.24) is 4.31 Å². The molecule has 0 spiro atoms. The van der Waals surface area contributed by atoms with Gasteiger partial charge in [0.25, 0.3) is 5.79 Å². The lowest BCUT2D eigenvalue weighted by molar-refractivity contribution is -0.0711. The summed E-state index contributed by atoms with van der Waals surface area (Å²) in [5.74, 6) is -0.592. The molecule has 8 heteroatoms. The van der Waals surface area contributed by atoms with Gasteiger partial charge in [0.1, 0.15) is 5.82 Å². The van der Waals surface area contributed by atoms with E-state index in [0.717, 1.165) is 11.1 Å². The fraction of sp³-hybridized carbons (Fsp3) is 0.308. The first kappa shape index (κ1) is 23.1. The molecule has 0 aromatic heterocycles. The van der Waals surface area contributed by atoms with Crippen molar-refractivity contribution in [2.24, 2.45) is 0 Å². The Labute approximate surface area is 204 Å². The van der Waals surface area contributed by atoms with Gasteiger partial charge in [-0.1, -0.05) is 41.4 Å². The Kier molecular flexibility index (Phi) is 5.82. The molecule has 0 N–H and O–H groups in total. The van der Waals surface area contributed by atoms with Crippen LogP contribution >= 0.6 is 11.6 Å². The van der Waals surface area contributed by atoms with E-state index in [-0.39, 0.29) is 11.5 Å². The number of rotatable bonds is 4. The molecule has 2 heterocycles. The van der Waals surface area contributed by atoms with Gasteiger partial charge in [-0.3, -0.25) is 0 Å². The molecule has 2 aliphatic rings. The Morgan fingerprint density at radius 1 is 1.03 bits per heavy atom. The molecule has 1 unspecified atom stereocenters. The maximum absolute atomic E-state index is 14.6. The Hall–Kier alpha value is -2.61. The third-order valence-electron chi connectivity index (χ3n) is 6.58. The largest absolute Gasteiger partial charge is 0.444 e. The second-order valence-corrected chi connectivity index (χ2v) is 11.3. The molecule has 5 rings (SSSR count). The minimum Gasteiger partial charge on any atom is -0.444 e. The molecule has 5 nitrogen and oxygen atoms in total. The topological polar surface area (TPSA) is 55.8 Å². The molecular weight excluding hydrogens is 477 g/mol. The highest BCUT2D eigenvalue weighted by Gasteiger charge is 2.43. The Bertz CT molecular complexity index is 1340. The van der Waals surface area contributed by atoms with Crippen molar-refractivity contribution < 1.29 is 22.3 Å². The second-order valence-electron chi connectivity index (χ2n) is 8.94. The number of nitrogens with zero attached hydrogens (tertiary/aromatic N) is 1. The van der Waals surface area contributed by atoms with Crippen LogP contribution in [0.2, 0.25) is 5.02 Å². The molecule has 1 atom stereocenters.